The van der Waals surface area contributed by atoms with Gasteiger partial charge in [0.2, 0.25) is 0 Å². The van der Waals surface area contributed by atoms with Gasteiger partial charge in [-0.25, -0.2) is 0 Å². The minimum atomic E-state index is 0.157. The maximum atomic E-state index is 6.20. The molecule has 3 nitrogen and oxygen atoms in total. The molecule has 0 fully saturated rings. The average molecular weight is 291 g/mol. The van der Waals surface area contributed by atoms with Crippen LogP contribution in [0.2, 0.25) is 10.0 Å². The summed E-state index contributed by atoms with van der Waals surface area (Å²) in [5, 5.41) is 4.64. The standard InChI is InChI=1S/C13H20Cl2N2O/c1-3-6-16-12(5-4-7-18-2)13-11(15)8-10(14)9-17-13/h8-9,12,16H,3-7H2,1-2H3. The molecule has 0 bridgehead atoms. The van der Waals surface area contributed by atoms with E-state index in [4.69, 9.17) is 27.9 Å². The van der Waals surface area contributed by atoms with Gasteiger partial charge in [0.05, 0.1) is 21.8 Å². The van der Waals surface area contributed by atoms with E-state index in [0.29, 0.717) is 10.0 Å². The van der Waals surface area contributed by atoms with Crippen LogP contribution in [0.4, 0.5) is 0 Å². The normalized spacial score (nSPS) is 12.7. The molecule has 0 spiro atoms. The second-order valence-electron chi connectivity index (χ2n) is 4.16. The zero-order valence-corrected chi connectivity index (χ0v) is 12.4. The van der Waals surface area contributed by atoms with E-state index in [1.165, 1.54) is 0 Å². The summed E-state index contributed by atoms with van der Waals surface area (Å²) >= 11 is 12.1. The van der Waals surface area contributed by atoms with Gasteiger partial charge in [-0.05, 0) is 31.9 Å². The number of aromatic nitrogens is 1. The highest BCUT2D eigenvalue weighted by molar-refractivity contribution is 6.34. The highest BCUT2D eigenvalue weighted by Crippen LogP contribution is 2.26. The molecule has 0 saturated carbocycles. The largest absolute Gasteiger partial charge is 0.385 e. The van der Waals surface area contributed by atoms with E-state index >= 15 is 0 Å². The number of nitrogens with one attached hydrogen (secondary N) is 1. The van der Waals surface area contributed by atoms with Crippen LogP contribution in [0.1, 0.15) is 37.9 Å². The topological polar surface area (TPSA) is 34.1 Å². The fourth-order valence-corrected chi connectivity index (χ4v) is 2.28. The van der Waals surface area contributed by atoms with Gasteiger partial charge in [-0.3, -0.25) is 4.98 Å². The van der Waals surface area contributed by atoms with Gasteiger partial charge in [-0.15, -0.1) is 0 Å². The molecule has 1 rings (SSSR count). The third-order valence-electron chi connectivity index (χ3n) is 2.65. The number of methoxy groups -OCH3 is 1. The quantitative estimate of drug-likeness (QED) is 0.739. The third-order valence-corrected chi connectivity index (χ3v) is 3.16. The molecule has 1 heterocycles. The Bertz CT molecular complexity index is 361. The molecule has 102 valence electrons. The zero-order valence-electron chi connectivity index (χ0n) is 10.9. The average Bonchev–Trinajstić information content (AvgIpc) is 2.34. The molecule has 1 atom stereocenters. The van der Waals surface area contributed by atoms with E-state index in [2.05, 4.69) is 17.2 Å². The lowest BCUT2D eigenvalue weighted by atomic mass is 10.1. The molecular formula is C13H20Cl2N2O. The Morgan fingerprint density at radius 3 is 2.83 bits per heavy atom. The number of halogens is 2. The molecule has 0 aliphatic carbocycles. The molecule has 0 aliphatic rings. The van der Waals surface area contributed by atoms with Crippen LogP contribution in [0, 0.1) is 0 Å². The Labute approximate surface area is 119 Å². The Hall–Kier alpha value is -0.350. The molecule has 1 N–H and O–H groups in total. The highest BCUT2D eigenvalue weighted by atomic mass is 35.5. The van der Waals surface area contributed by atoms with Crippen molar-refractivity contribution < 1.29 is 4.74 Å². The molecule has 5 heteroatoms. The van der Waals surface area contributed by atoms with Crippen LogP contribution in [-0.2, 0) is 4.74 Å². The van der Waals surface area contributed by atoms with Gasteiger partial charge in [0.25, 0.3) is 0 Å². The van der Waals surface area contributed by atoms with Crippen LogP contribution in [-0.4, -0.2) is 25.2 Å². The summed E-state index contributed by atoms with van der Waals surface area (Å²) in [6.45, 7) is 3.82. The lowest BCUT2D eigenvalue weighted by Crippen LogP contribution is -2.23. The van der Waals surface area contributed by atoms with Crippen LogP contribution < -0.4 is 5.32 Å². The van der Waals surface area contributed by atoms with Crippen LogP contribution in [0.15, 0.2) is 12.3 Å². The number of ether oxygens (including phenoxy) is 1. The molecule has 1 unspecified atom stereocenters. The molecule has 0 radical (unpaired) electrons. The number of pyridine rings is 1. The monoisotopic (exact) mass is 290 g/mol. The van der Waals surface area contributed by atoms with Crippen molar-refractivity contribution in [2.24, 2.45) is 0 Å². The molecule has 1 aromatic heterocycles. The minimum absolute atomic E-state index is 0.157. The fourth-order valence-electron chi connectivity index (χ4n) is 1.77. The van der Waals surface area contributed by atoms with Crippen LogP contribution in [0.25, 0.3) is 0 Å². The molecule has 0 aliphatic heterocycles. The predicted octanol–water partition coefficient (Wildman–Crippen LogP) is 3.86. The van der Waals surface area contributed by atoms with Crippen LogP contribution in [0.5, 0.6) is 0 Å². The zero-order chi connectivity index (χ0) is 13.4. The number of hydrogen-bond donors (Lipinski definition) is 1. The van der Waals surface area contributed by atoms with E-state index in [-0.39, 0.29) is 6.04 Å². The second kappa shape index (κ2) is 8.70. The Morgan fingerprint density at radius 1 is 1.44 bits per heavy atom. The summed E-state index contributed by atoms with van der Waals surface area (Å²) in [6, 6.07) is 1.90. The fraction of sp³-hybridized carbons (Fsp3) is 0.615. The SMILES string of the molecule is CCCNC(CCCOC)c1ncc(Cl)cc1Cl. The van der Waals surface area contributed by atoms with Gasteiger partial charge in [0.1, 0.15) is 0 Å². The van der Waals surface area contributed by atoms with Gasteiger partial charge in [0, 0.05) is 19.9 Å². The maximum Gasteiger partial charge on any atom is 0.0760 e. The number of hydrogen-bond acceptors (Lipinski definition) is 3. The minimum Gasteiger partial charge on any atom is -0.385 e. The van der Waals surface area contributed by atoms with Gasteiger partial charge < -0.3 is 10.1 Å². The van der Waals surface area contributed by atoms with E-state index in [1.807, 2.05) is 0 Å². The first-order valence-corrected chi connectivity index (χ1v) is 6.97. The van der Waals surface area contributed by atoms with Crippen molar-refractivity contribution in [3.63, 3.8) is 0 Å². The van der Waals surface area contributed by atoms with Crippen LogP contribution >= 0.6 is 23.2 Å². The van der Waals surface area contributed by atoms with E-state index in [1.54, 1.807) is 19.4 Å². The molecule has 1 aromatic rings. The predicted molar refractivity (Wildman–Crippen MR) is 76.4 cm³/mol. The molecule has 0 saturated heterocycles. The van der Waals surface area contributed by atoms with Crippen LogP contribution in [0.3, 0.4) is 0 Å². The van der Waals surface area contributed by atoms with Gasteiger partial charge >= 0.3 is 0 Å². The maximum absolute atomic E-state index is 6.20. The molecule has 0 aromatic carbocycles. The van der Waals surface area contributed by atoms with Gasteiger partial charge in [-0.2, -0.15) is 0 Å². The van der Waals surface area contributed by atoms with Gasteiger partial charge in [-0.1, -0.05) is 30.1 Å². The summed E-state index contributed by atoms with van der Waals surface area (Å²) in [6.07, 6.45) is 4.63. The lowest BCUT2D eigenvalue weighted by molar-refractivity contribution is 0.188. The number of nitrogens with zero attached hydrogens (tertiary/aromatic N) is 1. The smallest absolute Gasteiger partial charge is 0.0760 e. The van der Waals surface area contributed by atoms with Crippen molar-refractivity contribution in [3.05, 3.63) is 28.0 Å². The van der Waals surface area contributed by atoms with Gasteiger partial charge in [0.15, 0.2) is 0 Å². The summed E-state index contributed by atoms with van der Waals surface area (Å²) in [4.78, 5) is 4.34. The molecular weight excluding hydrogens is 271 g/mol. The van der Waals surface area contributed by atoms with E-state index in [0.717, 1.165) is 38.1 Å². The van der Waals surface area contributed by atoms with Crippen molar-refractivity contribution in [1.82, 2.24) is 10.3 Å². The Balaban J connectivity index is 2.73. The van der Waals surface area contributed by atoms with E-state index < -0.39 is 0 Å². The highest BCUT2D eigenvalue weighted by Gasteiger charge is 2.15. The van der Waals surface area contributed by atoms with E-state index in [9.17, 15) is 0 Å². The Kier molecular flexibility index (Phi) is 7.59. The summed E-state index contributed by atoms with van der Waals surface area (Å²) in [7, 11) is 1.71. The first-order valence-electron chi connectivity index (χ1n) is 6.22. The molecule has 0 amide bonds. The number of rotatable bonds is 8. The second-order valence-corrected chi connectivity index (χ2v) is 5.01. The van der Waals surface area contributed by atoms with Crippen molar-refractivity contribution in [1.29, 1.82) is 0 Å². The summed E-state index contributed by atoms with van der Waals surface area (Å²) in [5.74, 6) is 0. The van der Waals surface area contributed by atoms with Crippen molar-refractivity contribution in [2.45, 2.75) is 32.2 Å². The van der Waals surface area contributed by atoms with Crippen molar-refractivity contribution in [3.8, 4) is 0 Å². The first kappa shape index (κ1) is 15.7. The Morgan fingerprint density at radius 2 is 2.22 bits per heavy atom. The third kappa shape index (κ3) is 5.11. The summed E-state index contributed by atoms with van der Waals surface area (Å²) in [5.41, 5.74) is 0.866. The lowest BCUT2D eigenvalue weighted by Gasteiger charge is -2.19. The van der Waals surface area contributed by atoms with Crippen molar-refractivity contribution >= 4 is 23.2 Å². The van der Waals surface area contributed by atoms with Crippen molar-refractivity contribution in [2.75, 3.05) is 20.3 Å². The first-order chi connectivity index (χ1) is 8.69. The molecule has 18 heavy (non-hydrogen) atoms. The summed E-state index contributed by atoms with van der Waals surface area (Å²) < 4.78 is 5.08.